The number of halogens is 2. The highest BCUT2D eigenvalue weighted by Crippen LogP contribution is 2.25. The Bertz CT molecular complexity index is 837. The Morgan fingerprint density at radius 3 is 2.42 bits per heavy atom. The lowest BCUT2D eigenvalue weighted by Gasteiger charge is -2.09. The molecule has 0 saturated carbocycles. The summed E-state index contributed by atoms with van der Waals surface area (Å²) in [6.07, 6.45) is -0.0338. The van der Waals surface area contributed by atoms with Crippen LogP contribution in [0, 0.1) is 6.92 Å². The normalized spacial score (nSPS) is 11.3. The van der Waals surface area contributed by atoms with E-state index in [-0.39, 0.29) is 23.8 Å². The van der Waals surface area contributed by atoms with E-state index in [2.05, 4.69) is 10.0 Å². The number of anilines is 1. The number of carbonyl (C=O) groups is 1. The highest BCUT2D eigenvalue weighted by Gasteiger charge is 2.14. The molecule has 0 aliphatic rings. The first-order valence-electron chi connectivity index (χ1n) is 7.09. The molecule has 8 heteroatoms. The molecule has 1 amide bonds. The van der Waals surface area contributed by atoms with Crippen LogP contribution in [0.25, 0.3) is 0 Å². The fourth-order valence-corrected chi connectivity index (χ4v) is 3.27. The highest BCUT2D eigenvalue weighted by atomic mass is 35.5. The van der Waals surface area contributed by atoms with E-state index in [1.165, 1.54) is 18.2 Å². The molecule has 2 N–H and O–H groups in total. The number of hydrogen-bond acceptors (Lipinski definition) is 3. The Hall–Kier alpha value is -1.60. The van der Waals surface area contributed by atoms with Gasteiger partial charge in [0.25, 0.3) is 0 Å². The quantitative estimate of drug-likeness (QED) is 0.795. The molecule has 128 valence electrons. The average molecular weight is 387 g/mol. The molecule has 2 aromatic rings. The molecule has 2 aromatic carbocycles. The number of rotatable bonds is 6. The van der Waals surface area contributed by atoms with Crippen molar-refractivity contribution in [3.8, 4) is 0 Å². The van der Waals surface area contributed by atoms with Gasteiger partial charge in [0.05, 0.1) is 15.6 Å². The second-order valence-electron chi connectivity index (χ2n) is 5.13. The van der Waals surface area contributed by atoms with Crippen molar-refractivity contribution in [2.45, 2.75) is 18.2 Å². The summed E-state index contributed by atoms with van der Waals surface area (Å²) in [5, 5.41) is 3.39. The highest BCUT2D eigenvalue weighted by molar-refractivity contribution is 7.89. The maximum absolute atomic E-state index is 12.1. The van der Waals surface area contributed by atoms with Crippen LogP contribution in [0.5, 0.6) is 0 Å². The van der Waals surface area contributed by atoms with Crippen LogP contribution >= 0.6 is 23.2 Å². The zero-order valence-electron chi connectivity index (χ0n) is 12.8. The molecule has 0 aliphatic carbocycles. The summed E-state index contributed by atoms with van der Waals surface area (Å²) in [7, 11) is -3.64. The third-order valence-electron chi connectivity index (χ3n) is 3.18. The van der Waals surface area contributed by atoms with Crippen LogP contribution in [-0.2, 0) is 14.8 Å². The van der Waals surface area contributed by atoms with Gasteiger partial charge in [-0.25, -0.2) is 13.1 Å². The van der Waals surface area contributed by atoms with Gasteiger partial charge in [0.2, 0.25) is 15.9 Å². The fraction of sp³-hybridized carbons (Fsp3) is 0.188. The molecule has 24 heavy (non-hydrogen) atoms. The lowest BCUT2D eigenvalue weighted by molar-refractivity contribution is -0.116. The topological polar surface area (TPSA) is 75.3 Å². The van der Waals surface area contributed by atoms with Gasteiger partial charge in [-0.1, -0.05) is 40.9 Å². The summed E-state index contributed by atoms with van der Waals surface area (Å²) in [5.41, 5.74) is 1.35. The lowest BCUT2D eigenvalue weighted by atomic mass is 10.2. The van der Waals surface area contributed by atoms with Crippen molar-refractivity contribution >= 4 is 44.8 Å². The predicted octanol–water partition coefficient (Wildman–Crippen LogP) is 3.61. The van der Waals surface area contributed by atoms with E-state index in [4.69, 9.17) is 23.2 Å². The van der Waals surface area contributed by atoms with Crippen molar-refractivity contribution in [2.75, 3.05) is 11.9 Å². The van der Waals surface area contributed by atoms with Crippen LogP contribution in [0.2, 0.25) is 10.0 Å². The van der Waals surface area contributed by atoms with Crippen LogP contribution in [0.1, 0.15) is 12.0 Å². The summed E-state index contributed by atoms with van der Waals surface area (Å²) in [6, 6.07) is 11.2. The fourth-order valence-electron chi connectivity index (χ4n) is 1.91. The Kier molecular flexibility index (Phi) is 6.23. The van der Waals surface area contributed by atoms with E-state index in [0.717, 1.165) is 5.56 Å². The number of benzene rings is 2. The van der Waals surface area contributed by atoms with E-state index in [0.29, 0.717) is 15.7 Å². The molecule has 0 aromatic heterocycles. The van der Waals surface area contributed by atoms with Crippen LogP contribution in [0.3, 0.4) is 0 Å². The average Bonchev–Trinajstić information content (AvgIpc) is 2.51. The molecular weight excluding hydrogens is 371 g/mol. The second-order valence-corrected chi connectivity index (χ2v) is 7.74. The minimum atomic E-state index is -3.64. The summed E-state index contributed by atoms with van der Waals surface area (Å²) in [4.78, 5) is 12.1. The van der Waals surface area contributed by atoms with Gasteiger partial charge in [0.1, 0.15) is 0 Å². The Balaban J connectivity index is 1.90. The smallest absolute Gasteiger partial charge is 0.240 e. The third kappa shape index (κ3) is 5.21. The number of amides is 1. The van der Waals surface area contributed by atoms with Crippen LogP contribution in [0.4, 0.5) is 5.69 Å². The van der Waals surface area contributed by atoms with Gasteiger partial charge in [0, 0.05) is 18.0 Å². The van der Waals surface area contributed by atoms with E-state index in [1.807, 2.05) is 6.92 Å². The number of sulfonamides is 1. The summed E-state index contributed by atoms with van der Waals surface area (Å²) in [6.45, 7) is 1.84. The van der Waals surface area contributed by atoms with E-state index in [9.17, 15) is 13.2 Å². The molecule has 2 rings (SSSR count). The molecule has 0 radical (unpaired) electrons. The van der Waals surface area contributed by atoms with Gasteiger partial charge in [-0.15, -0.1) is 0 Å². The van der Waals surface area contributed by atoms with E-state index < -0.39 is 10.0 Å². The van der Waals surface area contributed by atoms with Gasteiger partial charge in [-0.05, 0) is 37.3 Å². The van der Waals surface area contributed by atoms with Gasteiger partial charge in [-0.2, -0.15) is 0 Å². The first-order valence-corrected chi connectivity index (χ1v) is 9.33. The molecular formula is C16H16Cl2N2O3S. The molecule has 5 nitrogen and oxygen atoms in total. The van der Waals surface area contributed by atoms with Crippen molar-refractivity contribution < 1.29 is 13.2 Å². The number of nitrogens with one attached hydrogen (secondary N) is 2. The largest absolute Gasteiger partial charge is 0.325 e. The molecule has 0 bridgehead atoms. The molecule has 0 heterocycles. The number of carbonyl (C=O) groups excluding carboxylic acids is 1. The maximum Gasteiger partial charge on any atom is 0.240 e. The molecule has 0 fully saturated rings. The summed E-state index contributed by atoms with van der Waals surface area (Å²) >= 11 is 11.8. The summed E-state index contributed by atoms with van der Waals surface area (Å²) < 4.78 is 26.6. The van der Waals surface area contributed by atoms with E-state index >= 15 is 0 Å². The zero-order chi connectivity index (χ0) is 17.7. The summed E-state index contributed by atoms with van der Waals surface area (Å²) in [5.74, 6) is -0.370. The van der Waals surface area contributed by atoms with Crippen molar-refractivity contribution in [3.05, 3.63) is 58.1 Å². The van der Waals surface area contributed by atoms with Gasteiger partial charge in [0.15, 0.2) is 0 Å². The van der Waals surface area contributed by atoms with Gasteiger partial charge < -0.3 is 5.32 Å². The zero-order valence-corrected chi connectivity index (χ0v) is 15.2. The SMILES string of the molecule is Cc1ccc(S(=O)(=O)NCCC(=O)Nc2cc(Cl)ccc2Cl)cc1. The van der Waals surface area contributed by atoms with Crippen molar-refractivity contribution in [3.63, 3.8) is 0 Å². The predicted molar refractivity (Wildman–Crippen MR) is 96.1 cm³/mol. The Morgan fingerprint density at radius 2 is 1.75 bits per heavy atom. The first-order chi connectivity index (χ1) is 11.3. The molecule has 0 atom stereocenters. The molecule has 0 spiro atoms. The van der Waals surface area contributed by atoms with Crippen molar-refractivity contribution in [1.29, 1.82) is 0 Å². The minimum Gasteiger partial charge on any atom is -0.325 e. The molecule has 0 saturated heterocycles. The van der Waals surface area contributed by atoms with Gasteiger partial charge >= 0.3 is 0 Å². The lowest BCUT2D eigenvalue weighted by Crippen LogP contribution is -2.27. The monoisotopic (exact) mass is 386 g/mol. The number of aryl methyl sites for hydroxylation is 1. The van der Waals surface area contributed by atoms with Crippen LogP contribution < -0.4 is 10.0 Å². The van der Waals surface area contributed by atoms with Crippen molar-refractivity contribution in [2.24, 2.45) is 0 Å². The third-order valence-corrected chi connectivity index (χ3v) is 5.22. The first kappa shape index (κ1) is 18.7. The van der Waals surface area contributed by atoms with Crippen LogP contribution in [-0.4, -0.2) is 20.9 Å². The molecule has 0 aliphatic heterocycles. The number of hydrogen-bond donors (Lipinski definition) is 2. The molecule has 0 unspecified atom stereocenters. The Morgan fingerprint density at radius 1 is 1.08 bits per heavy atom. The van der Waals surface area contributed by atoms with Gasteiger partial charge in [-0.3, -0.25) is 4.79 Å². The maximum atomic E-state index is 12.1. The second kappa shape index (κ2) is 7.98. The van der Waals surface area contributed by atoms with Crippen LogP contribution in [0.15, 0.2) is 47.4 Å². The standard InChI is InChI=1S/C16H16Cl2N2O3S/c1-11-2-5-13(6-3-11)24(22,23)19-9-8-16(21)20-15-10-12(17)4-7-14(15)18/h2-7,10,19H,8-9H2,1H3,(H,20,21). The van der Waals surface area contributed by atoms with Crippen molar-refractivity contribution in [1.82, 2.24) is 4.72 Å². The Labute approximate surface area is 151 Å². The van der Waals surface area contributed by atoms with E-state index in [1.54, 1.807) is 24.3 Å². The minimum absolute atomic E-state index is 0.0276.